The first-order chi connectivity index (χ1) is 6.59. The van der Waals surface area contributed by atoms with Gasteiger partial charge in [0.1, 0.15) is 0 Å². The summed E-state index contributed by atoms with van der Waals surface area (Å²) < 4.78 is 25.7. The highest BCUT2D eigenvalue weighted by Crippen LogP contribution is 2.37. The Morgan fingerprint density at radius 3 is 2.50 bits per heavy atom. The zero-order chi connectivity index (χ0) is 10.6. The average molecular weight is 201 g/mol. The summed E-state index contributed by atoms with van der Waals surface area (Å²) in [6, 6.07) is -0.0314. The minimum Gasteiger partial charge on any atom is -0.304 e. The molecule has 0 heterocycles. The van der Waals surface area contributed by atoms with Crippen LogP contribution < -0.4 is 5.32 Å². The molecule has 1 saturated carbocycles. The summed E-state index contributed by atoms with van der Waals surface area (Å²) >= 11 is 0. The second-order valence-electron chi connectivity index (χ2n) is 3.90. The molecule has 80 valence electrons. The Morgan fingerprint density at radius 2 is 2.07 bits per heavy atom. The molecule has 0 radical (unpaired) electrons. The van der Waals surface area contributed by atoms with Gasteiger partial charge in [0.05, 0.1) is 6.04 Å². The van der Waals surface area contributed by atoms with Crippen LogP contribution in [0.15, 0.2) is 0 Å². The molecule has 14 heavy (non-hydrogen) atoms. The normalized spacial score (nSPS) is 24.1. The first kappa shape index (κ1) is 11.5. The van der Waals surface area contributed by atoms with E-state index in [0.717, 1.165) is 6.54 Å². The smallest absolute Gasteiger partial charge is 0.248 e. The molecule has 1 N–H and O–H groups in total. The molecule has 0 amide bonds. The van der Waals surface area contributed by atoms with Gasteiger partial charge in [-0.1, -0.05) is 12.8 Å². The zero-order valence-corrected chi connectivity index (χ0v) is 8.52. The van der Waals surface area contributed by atoms with Crippen LogP contribution in [0, 0.1) is 18.3 Å². The lowest BCUT2D eigenvalue weighted by Gasteiger charge is -2.31. The van der Waals surface area contributed by atoms with Gasteiger partial charge in [0, 0.05) is 12.8 Å². The van der Waals surface area contributed by atoms with Gasteiger partial charge >= 0.3 is 0 Å². The third-order valence-electron chi connectivity index (χ3n) is 2.84. The molecule has 1 atom stereocenters. The van der Waals surface area contributed by atoms with E-state index in [1.165, 1.54) is 0 Å². The lowest BCUT2D eigenvalue weighted by Crippen LogP contribution is -2.38. The van der Waals surface area contributed by atoms with Crippen molar-refractivity contribution in [2.24, 2.45) is 5.92 Å². The Hall–Kier alpha value is -0.620. The van der Waals surface area contributed by atoms with E-state index in [2.05, 4.69) is 11.2 Å². The molecule has 1 nitrogen and oxygen atoms in total. The van der Waals surface area contributed by atoms with Crippen LogP contribution in [0.25, 0.3) is 0 Å². The van der Waals surface area contributed by atoms with E-state index >= 15 is 0 Å². The SMILES string of the molecule is C#CC(NCC)C1CCC(F)(F)CC1. The summed E-state index contributed by atoms with van der Waals surface area (Å²) in [5.41, 5.74) is 0. The number of alkyl halides is 2. The minimum atomic E-state index is -2.46. The lowest BCUT2D eigenvalue weighted by atomic mass is 9.82. The van der Waals surface area contributed by atoms with Gasteiger partial charge in [-0.25, -0.2) is 8.78 Å². The Kier molecular flexibility index (Phi) is 3.88. The van der Waals surface area contributed by atoms with Gasteiger partial charge in [-0.2, -0.15) is 0 Å². The molecular formula is C11H17F2N. The maximum absolute atomic E-state index is 12.9. The van der Waals surface area contributed by atoms with Crippen molar-refractivity contribution >= 4 is 0 Å². The highest BCUT2D eigenvalue weighted by molar-refractivity contribution is 5.03. The number of nitrogens with one attached hydrogen (secondary N) is 1. The molecule has 1 unspecified atom stereocenters. The van der Waals surface area contributed by atoms with E-state index in [4.69, 9.17) is 6.42 Å². The van der Waals surface area contributed by atoms with Crippen molar-refractivity contribution in [2.45, 2.75) is 44.6 Å². The van der Waals surface area contributed by atoms with Crippen LogP contribution in [0.1, 0.15) is 32.6 Å². The fourth-order valence-electron chi connectivity index (χ4n) is 1.98. The van der Waals surface area contributed by atoms with Gasteiger partial charge < -0.3 is 5.32 Å². The van der Waals surface area contributed by atoms with Crippen LogP contribution in [0.4, 0.5) is 8.78 Å². The van der Waals surface area contributed by atoms with E-state index in [1.807, 2.05) is 6.92 Å². The largest absolute Gasteiger partial charge is 0.304 e. The summed E-state index contributed by atoms with van der Waals surface area (Å²) in [6.07, 6.45) is 6.41. The van der Waals surface area contributed by atoms with Crippen LogP contribution in [0.3, 0.4) is 0 Å². The van der Waals surface area contributed by atoms with Gasteiger partial charge in [-0.3, -0.25) is 0 Å². The summed E-state index contributed by atoms with van der Waals surface area (Å²) in [5, 5.41) is 3.15. The predicted octanol–water partition coefficient (Wildman–Crippen LogP) is 2.42. The van der Waals surface area contributed by atoms with Crippen molar-refractivity contribution in [1.82, 2.24) is 5.32 Å². The minimum absolute atomic E-state index is 0.0127. The first-order valence-electron chi connectivity index (χ1n) is 5.16. The van der Waals surface area contributed by atoms with Crippen LogP contribution in [0.2, 0.25) is 0 Å². The molecule has 1 aliphatic carbocycles. The van der Waals surface area contributed by atoms with E-state index < -0.39 is 5.92 Å². The number of hydrogen-bond donors (Lipinski definition) is 1. The van der Waals surface area contributed by atoms with Crippen molar-refractivity contribution in [3.8, 4) is 12.3 Å². The summed E-state index contributed by atoms with van der Waals surface area (Å²) in [5.74, 6) is 0.409. The van der Waals surface area contributed by atoms with Crippen LogP contribution in [0.5, 0.6) is 0 Å². The number of terminal acetylenes is 1. The van der Waals surface area contributed by atoms with Gasteiger partial charge in [-0.05, 0) is 25.3 Å². The number of halogens is 2. The average Bonchev–Trinajstić information content (AvgIpc) is 2.15. The second-order valence-corrected chi connectivity index (χ2v) is 3.90. The fourth-order valence-corrected chi connectivity index (χ4v) is 1.98. The molecule has 1 rings (SSSR count). The highest BCUT2D eigenvalue weighted by atomic mass is 19.3. The molecule has 0 aliphatic heterocycles. The first-order valence-corrected chi connectivity index (χ1v) is 5.16. The maximum Gasteiger partial charge on any atom is 0.248 e. The van der Waals surface area contributed by atoms with E-state index in [1.54, 1.807) is 0 Å². The molecule has 0 saturated heterocycles. The van der Waals surface area contributed by atoms with Crippen molar-refractivity contribution < 1.29 is 8.78 Å². The van der Waals surface area contributed by atoms with Gasteiger partial charge in [0.15, 0.2) is 0 Å². The number of hydrogen-bond acceptors (Lipinski definition) is 1. The summed E-state index contributed by atoms with van der Waals surface area (Å²) in [4.78, 5) is 0. The molecule has 0 spiro atoms. The predicted molar refractivity (Wildman–Crippen MR) is 53.2 cm³/mol. The van der Waals surface area contributed by atoms with Crippen LogP contribution in [-0.4, -0.2) is 18.5 Å². The van der Waals surface area contributed by atoms with Crippen molar-refractivity contribution in [1.29, 1.82) is 0 Å². The summed E-state index contributed by atoms with van der Waals surface area (Å²) in [6.45, 7) is 2.77. The molecule has 3 heteroatoms. The van der Waals surface area contributed by atoms with Crippen molar-refractivity contribution in [3.05, 3.63) is 0 Å². The quantitative estimate of drug-likeness (QED) is 0.691. The summed E-state index contributed by atoms with van der Waals surface area (Å²) in [7, 11) is 0. The van der Waals surface area contributed by atoms with Crippen molar-refractivity contribution in [3.63, 3.8) is 0 Å². The molecule has 1 aliphatic rings. The Bertz CT molecular complexity index is 210. The van der Waals surface area contributed by atoms with Gasteiger partial charge in [0.2, 0.25) is 5.92 Å². The lowest BCUT2D eigenvalue weighted by molar-refractivity contribution is -0.0475. The third-order valence-corrected chi connectivity index (χ3v) is 2.84. The Morgan fingerprint density at radius 1 is 1.50 bits per heavy atom. The van der Waals surface area contributed by atoms with E-state index in [9.17, 15) is 8.78 Å². The standard InChI is InChI=1S/C11H17F2N/c1-3-10(14-4-2)9-5-7-11(12,13)8-6-9/h1,9-10,14H,4-8H2,2H3. The fraction of sp³-hybridized carbons (Fsp3) is 0.818. The van der Waals surface area contributed by atoms with Crippen LogP contribution in [-0.2, 0) is 0 Å². The number of rotatable bonds is 3. The van der Waals surface area contributed by atoms with Gasteiger partial charge in [0.25, 0.3) is 0 Å². The zero-order valence-electron chi connectivity index (χ0n) is 8.52. The van der Waals surface area contributed by atoms with Crippen LogP contribution >= 0.6 is 0 Å². The molecule has 0 bridgehead atoms. The molecule has 0 aromatic heterocycles. The topological polar surface area (TPSA) is 12.0 Å². The second kappa shape index (κ2) is 4.75. The molecule has 0 aromatic rings. The van der Waals surface area contributed by atoms with E-state index in [0.29, 0.717) is 12.8 Å². The third kappa shape index (κ3) is 2.95. The molecule has 0 aromatic carbocycles. The van der Waals surface area contributed by atoms with Crippen molar-refractivity contribution in [2.75, 3.05) is 6.54 Å². The highest BCUT2D eigenvalue weighted by Gasteiger charge is 2.36. The molecule has 1 fully saturated rings. The van der Waals surface area contributed by atoms with E-state index in [-0.39, 0.29) is 24.8 Å². The Labute approximate surface area is 84.3 Å². The monoisotopic (exact) mass is 201 g/mol. The van der Waals surface area contributed by atoms with Gasteiger partial charge in [-0.15, -0.1) is 6.42 Å². The molecular weight excluding hydrogens is 184 g/mol. The maximum atomic E-state index is 12.9. The Balaban J connectivity index is 2.44.